The second-order valence-corrected chi connectivity index (χ2v) is 35.3. The second-order valence-electron chi connectivity index (χ2n) is 34.3. The number of likely N-dealkylation sites (N-methyl/N-ethyl adjacent to an activating group) is 3. The highest BCUT2D eigenvalue weighted by Crippen LogP contribution is 2.28. The molecule has 5 heterocycles. The zero-order chi connectivity index (χ0) is 96.9. The number of amides is 17. The number of aromatic amines is 2. The fraction of sp³-hybridized carbons (Fsp3) is 0.551. The number of aryl methyl sites for hydroxylation is 1. The number of nitrogens with zero attached hydrogens (tertiary/aromatic N) is 5. The minimum Gasteiger partial charge on any atom is -0.394 e. The van der Waals surface area contributed by atoms with Crippen LogP contribution in [0.5, 0.6) is 0 Å². The number of aliphatic hydroxyl groups excluding tert-OH is 2. The first-order valence-electron chi connectivity index (χ1n) is 44.6. The molecule has 0 unspecified atom stereocenters. The molecule has 0 saturated carbocycles. The molecule has 0 bridgehead atoms. The van der Waals surface area contributed by atoms with Gasteiger partial charge in [-0.15, -0.1) is 11.8 Å². The number of carbonyl (C=O) groups excluding carboxylic acids is 17. The van der Waals surface area contributed by atoms with Gasteiger partial charge in [0.25, 0.3) is 0 Å². The van der Waals surface area contributed by atoms with E-state index in [2.05, 4.69) is 68.5 Å². The smallest absolute Gasteiger partial charge is 0.246 e. The predicted molar refractivity (Wildman–Crippen MR) is 490 cm³/mol. The van der Waals surface area contributed by atoms with Crippen LogP contribution in [0.1, 0.15) is 140 Å². The summed E-state index contributed by atoms with van der Waals surface area (Å²) in [6.07, 6.45) is 1.54. The summed E-state index contributed by atoms with van der Waals surface area (Å²) in [5.41, 5.74) is 26.6. The maximum absolute atomic E-state index is 15.7. The van der Waals surface area contributed by atoms with E-state index in [0.717, 1.165) is 41.8 Å². The topological polar surface area (TPSA) is 639 Å². The summed E-state index contributed by atoms with van der Waals surface area (Å²) in [7, 11) is 3.95. The molecule has 3 fully saturated rings. The molecule has 0 aliphatic carbocycles. The Morgan fingerprint density at radius 1 is 0.545 bits per heavy atom. The van der Waals surface area contributed by atoms with Gasteiger partial charge in [-0.05, 0) is 93.5 Å². The Hall–Kier alpha value is -12.8. The lowest BCUT2D eigenvalue weighted by atomic mass is 10.00. The minimum atomic E-state index is -1.89. The van der Waals surface area contributed by atoms with Crippen molar-refractivity contribution in [3.05, 3.63) is 107 Å². The standard InChI is InChI=1S/C89H129N23O19S/c1-10-12-25-68-81(124)100-59(24-18-32-95-89(93)94)77(120)107-67(76(119)98-43-73(92)116)46-132-47-74(117)99-62(35-51-30-28-49(5)29-31-51)84(127)108(7)50(6)75(118)102-64(39-72(91)115)86(129)111-33-19-27-69(111)82(125)105-65(40-90)79(122)103-61(34-48(3)4)87(130)112-44-54(114)38-71(112)83(126)101-60(36-52-41-96-57-22-16-14-20-55(52)57)78(121)106-66(45-113)80(123)104-63(37-53-42-97-58-23-17-15-21-56(53)58)85(128)110(9)70(26-13-11-2)88(131)109(68)8/h14-17,20-23,28-31,41-42,48,50,54,59-71,96-97,113-114H,10-13,18-19,24-27,32-40,43-47,90H2,1-9H3,(H2,91,115)(H2,92,116)(H,98,119)(H,99,117)(H,100,124)(H,101,126)(H,102,118)(H,103,122)(H,104,123)(H,105,125)(H,106,121)(H,107,120)(H4,93,94,95)/t50-,54+,59-,60-,61-,62-,63-,64+,65-,66-,67-,68-,69-,70-,71-/m0/s1. The van der Waals surface area contributed by atoms with Crippen LogP contribution >= 0.6 is 11.8 Å². The van der Waals surface area contributed by atoms with Gasteiger partial charge in [0.2, 0.25) is 100 Å². The highest BCUT2D eigenvalue weighted by Gasteiger charge is 2.47. The molecule has 5 aromatic rings. The Morgan fingerprint density at radius 2 is 1.07 bits per heavy atom. The molecule has 15 atom stereocenters. The summed E-state index contributed by atoms with van der Waals surface area (Å²) in [4.78, 5) is 260. The van der Waals surface area contributed by atoms with Crippen molar-refractivity contribution in [1.82, 2.24) is 93.0 Å². The van der Waals surface area contributed by atoms with Crippen molar-refractivity contribution in [2.45, 2.75) is 235 Å². The summed E-state index contributed by atoms with van der Waals surface area (Å²) < 4.78 is 0. The van der Waals surface area contributed by atoms with Gasteiger partial charge in [-0.25, -0.2) is 0 Å². The van der Waals surface area contributed by atoms with E-state index in [1.54, 1.807) is 99.0 Å². The van der Waals surface area contributed by atoms with Gasteiger partial charge >= 0.3 is 0 Å². The largest absolute Gasteiger partial charge is 0.394 e. The van der Waals surface area contributed by atoms with Crippen molar-refractivity contribution in [2.75, 3.05) is 72.0 Å². The van der Waals surface area contributed by atoms with E-state index in [4.69, 9.17) is 28.3 Å². The van der Waals surface area contributed by atoms with Gasteiger partial charge in [0.15, 0.2) is 5.96 Å². The number of unbranched alkanes of at least 4 members (excludes halogenated alkanes) is 2. The van der Waals surface area contributed by atoms with E-state index in [1.807, 2.05) is 20.8 Å². The Bertz CT molecular complexity index is 4950. The number of carbonyl (C=O) groups is 17. The van der Waals surface area contributed by atoms with Crippen LogP contribution in [0.25, 0.3) is 21.8 Å². The Balaban J connectivity index is 1.19. The SMILES string of the molecule is CCCC[C@H]1C(=O)N(C)[C@@H](CCCC)C(=O)N[C@@H](CCCNC(=N)N)C(=O)N[C@H](C(=O)NCC(N)=O)CSCC(=O)N[C@@H](Cc2ccc(C)cc2)C(=O)N(C)[C@@H](C)C(=O)N[C@H](CC(N)=O)C(=O)N2CCC[C@H]2C(=O)N[C@@H](CN)C(=O)N[C@@H](CC(C)C)C(=O)N2C[C@H](O)C[C@H]2C(=O)N[C@@H](Cc2c[nH]c3ccccc23)C(=O)N[C@@H](CO)C(=O)N[C@@H](Cc2c[nH]c3ccccc23)C(=O)N1C. The molecule has 3 aliphatic rings. The van der Waals surface area contributed by atoms with Crippen molar-refractivity contribution < 1.29 is 91.7 Å². The number of fused-ring (bicyclic) bond motifs is 4. The number of para-hydroxylation sites is 2. The Labute approximate surface area is 769 Å². The van der Waals surface area contributed by atoms with Gasteiger partial charge in [0, 0.05) is 113 Å². The van der Waals surface area contributed by atoms with Crippen LogP contribution in [0.4, 0.5) is 0 Å². The molecule has 3 aliphatic heterocycles. The number of aliphatic hydroxyl groups is 2. The molecule has 132 heavy (non-hydrogen) atoms. The number of benzene rings is 3. The zero-order valence-electron chi connectivity index (χ0n) is 76.1. The van der Waals surface area contributed by atoms with Crippen molar-refractivity contribution >= 4 is 140 Å². The second kappa shape index (κ2) is 50.0. The van der Waals surface area contributed by atoms with Crippen LogP contribution in [0.3, 0.4) is 0 Å². The van der Waals surface area contributed by atoms with E-state index in [-0.39, 0.29) is 89.6 Å². The highest BCUT2D eigenvalue weighted by atomic mass is 32.2. The van der Waals surface area contributed by atoms with Gasteiger partial charge in [-0.3, -0.25) is 86.9 Å². The van der Waals surface area contributed by atoms with Gasteiger partial charge < -0.3 is 126 Å². The number of hydrogen-bond donors (Lipinski definition) is 20. The summed E-state index contributed by atoms with van der Waals surface area (Å²) in [6.45, 7) is 7.33. The normalized spacial score (nSPS) is 25.1. The number of nitrogens with two attached hydrogens (primary N) is 4. The number of aromatic nitrogens is 2. The molecule has 24 N–H and O–H groups in total. The number of hydrogen-bond acceptors (Lipinski definition) is 22. The van der Waals surface area contributed by atoms with Crippen LogP contribution in [-0.2, 0) is 101 Å². The first kappa shape index (κ1) is 105. The van der Waals surface area contributed by atoms with Crippen molar-refractivity contribution in [2.24, 2.45) is 28.9 Å². The lowest BCUT2D eigenvalue weighted by molar-refractivity contribution is -0.149. The van der Waals surface area contributed by atoms with E-state index < -0.39 is 241 Å². The van der Waals surface area contributed by atoms with Crippen molar-refractivity contribution in [1.29, 1.82) is 5.41 Å². The molecule has 3 saturated heterocycles. The van der Waals surface area contributed by atoms with Crippen LogP contribution in [0, 0.1) is 18.3 Å². The van der Waals surface area contributed by atoms with E-state index in [9.17, 15) is 58.2 Å². The van der Waals surface area contributed by atoms with E-state index in [0.29, 0.717) is 64.2 Å². The summed E-state index contributed by atoms with van der Waals surface area (Å²) in [6, 6.07) is -0.619. The monoisotopic (exact) mass is 1860 g/mol. The molecule has 43 heteroatoms. The van der Waals surface area contributed by atoms with Gasteiger partial charge in [0.05, 0.1) is 31.4 Å². The molecule has 8 rings (SSSR count). The lowest BCUT2D eigenvalue weighted by Crippen LogP contribution is -2.62. The van der Waals surface area contributed by atoms with Crippen molar-refractivity contribution in [3.63, 3.8) is 0 Å². The number of thioether (sulfide) groups is 1. The van der Waals surface area contributed by atoms with Crippen molar-refractivity contribution in [3.8, 4) is 0 Å². The number of guanidine groups is 1. The average Bonchev–Trinajstić information content (AvgIpc) is 1.60. The predicted octanol–water partition coefficient (Wildman–Crippen LogP) is -3.33. The molecule has 3 aromatic carbocycles. The molecule has 720 valence electrons. The van der Waals surface area contributed by atoms with Gasteiger partial charge in [-0.2, -0.15) is 0 Å². The van der Waals surface area contributed by atoms with Crippen LogP contribution in [-0.4, -0.2) is 314 Å². The molecule has 42 nitrogen and oxygen atoms in total. The number of primary amides is 2. The van der Waals surface area contributed by atoms with E-state index in [1.165, 1.54) is 28.1 Å². The van der Waals surface area contributed by atoms with Crippen LogP contribution < -0.4 is 81.4 Å². The molecule has 0 spiro atoms. The van der Waals surface area contributed by atoms with Gasteiger partial charge in [-0.1, -0.05) is 120 Å². The zero-order valence-corrected chi connectivity index (χ0v) is 76.9. The molecule has 2 aromatic heterocycles. The van der Waals surface area contributed by atoms with E-state index >= 15 is 33.6 Å². The Kier molecular flexibility index (Phi) is 39.6. The molecule has 0 radical (unpaired) electrons. The minimum absolute atomic E-state index is 0.00352. The third-order valence-corrected chi connectivity index (χ3v) is 24.8. The van der Waals surface area contributed by atoms with Crippen LogP contribution in [0.15, 0.2) is 85.2 Å². The number of H-pyrrole nitrogens is 2. The molecular weight excluding hydrogens is 1730 g/mol. The molecular formula is C89H129N23O19S. The number of rotatable bonds is 25. The summed E-state index contributed by atoms with van der Waals surface area (Å²) in [5, 5.41) is 60.6. The molecule has 17 amide bonds. The highest BCUT2D eigenvalue weighted by molar-refractivity contribution is 8.00. The third-order valence-electron chi connectivity index (χ3n) is 23.8. The average molecular weight is 1860 g/mol. The third kappa shape index (κ3) is 29.1. The van der Waals surface area contributed by atoms with Gasteiger partial charge in [0.1, 0.15) is 84.6 Å². The summed E-state index contributed by atoms with van der Waals surface area (Å²) in [5.74, 6) is -17.6. The summed E-state index contributed by atoms with van der Waals surface area (Å²) >= 11 is 0.792. The lowest BCUT2D eigenvalue weighted by Gasteiger charge is -2.36. The quantitative estimate of drug-likeness (QED) is 0.0154. The fourth-order valence-electron chi connectivity index (χ4n) is 16.3. The van der Waals surface area contributed by atoms with Crippen LogP contribution in [0.2, 0.25) is 0 Å². The fourth-order valence-corrected chi connectivity index (χ4v) is 17.1. The number of nitrogens with one attached hydrogen (secondary N) is 14. The first-order valence-corrected chi connectivity index (χ1v) is 45.7. The maximum Gasteiger partial charge on any atom is 0.246 e. The maximum atomic E-state index is 15.7. The Morgan fingerprint density at radius 3 is 1.67 bits per heavy atom. The first-order chi connectivity index (χ1) is 62.8.